The van der Waals surface area contributed by atoms with Gasteiger partial charge in [0.1, 0.15) is 0 Å². The van der Waals surface area contributed by atoms with Crippen molar-refractivity contribution in [2.24, 2.45) is 11.8 Å². The molecule has 0 saturated carbocycles. The second kappa shape index (κ2) is 7.78. The zero-order chi connectivity index (χ0) is 16.1. The third kappa shape index (κ3) is 4.44. The van der Waals surface area contributed by atoms with E-state index in [-0.39, 0.29) is 5.92 Å². The van der Waals surface area contributed by atoms with Crippen LogP contribution in [0.4, 0.5) is 0 Å². The fourth-order valence-corrected chi connectivity index (χ4v) is 3.64. The number of hydrogen-bond donors (Lipinski definition) is 0. The number of hydrogen-bond acceptors (Lipinski definition) is 2. The van der Waals surface area contributed by atoms with Gasteiger partial charge in [-0.3, -0.25) is 4.79 Å². The van der Waals surface area contributed by atoms with Crippen LogP contribution in [0.5, 0.6) is 0 Å². The van der Waals surface area contributed by atoms with Gasteiger partial charge in [0, 0.05) is 19.0 Å². The summed E-state index contributed by atoms with van der Waals surface area (Å²) in [5.74, 6) is 1.28. The first-order chi connectivity index (χ1) is 11.2. The average Bonchev–Trinajstić information content (AvgIpc) is 2.61. The minimum atomic E-state index is 0.266. The van der Waals surface area contributed by atoms with E-state index in [1.165, 1.54) is 5.56 Å². The zero-order valence-electron chi connectivity index (χ0n) is 14.2. The van der Waals surface area contributed by atoms with E-state index in [0.717, 1.165) is 51.9 Å². The van der Waals surface area contributed by atoms with E-state index in [1.807, 2.05) is 6.07 Å². The summed E-state index contributed by atoms with van der Waals surface area (Å²) in [6, 6.07) is 10.5. The van der Waals surface area contributed by atoms with Gasteiger partial charge in [-0.2, -0.15) is 0 Å². The van der Waals surface area contributed by atoms with Gasteiger partial charge in [-0.1, -0.05) is 42.5 Å². The van der Waals surface area contributed by atoms with Gasteiger partial charge in [0.05, 0.1) is 0 Å². The molecule has 2 saturated heterocycles. The van der Waals surface area contributed by atoms with Gasteiger partial charge in [0.2, 0.25) is 5.91 Å². The Balaban J connectivity index is 1.46. The molecule has 1 amide bonds. The fraction of sp³-hybridized carbons (Fsp3) is 0.550. The van der Waals surface area contributed by atoms with Crippen LogP contribution in [0.1, 0.15) is 31.2 Å². The maximum absolute atomic E-state index is 12.6. The number of rotatable bonds is 3. The molecule has 0 bridgehead atoms. The predicted molar refractivity (Wildman–Crippen MR) is 95.0 cm³/mol. The molecule has 2 fully saturated rings. The molecular weight excluding hydrogens is 284 g/mol. The summed E-state index contributed by atoms with van der Waals surface area (Å²) in [6.07, 6.45) is 8.81. The van der Waals surface area contributed by atoms with E-state index in [9.17, 15) is 4.79 Å². The molecule has 3 heteroatoms. The maximum Gasteiger partial charge on any atom is 0.225 e. The van der Waals surface area contributed by atoms with Crippen LogP contribution in [0.15, 0.2) is 36.4 Å². The Morgan fingerprint density at radius 2 is 1.65 bits per heavy atom. The Hall–Kier alpha value is -1.61. The van der Waals surface area contributed by atoms with Crippen molar-refractivity contribution in [1.82, 2.24) is 9.80 Å². The van der Waals surface area contributed by atoms with Gasteiger partial charge >= 0.3 is 0 Å². The minimum absolute atomic E-state index is 0.266. The SMILES string of the molecule is CN1CCC(C(=O)N2CCC(/C=C/c3ccccc3)CC2)CC1. The first-order valence-electron chi connectivity index (χ1n) is 8.93. The van der Waals surface area contributed by atoms with E-state index < -0.39 is 0 Å². The summed E-state index contributed by atoms with van der Waals surface area (Å²) in [7, 11) is 2.14. The van der Waals surface area contributed by atoms with Crippen molar-refractivity contribution in [3.63, 3.8) is 0 Å². The van der Waals surface area contributed by atoms with Gasteiger partial charge in [-0.05, 0) is 57.3 Å². The number of carbonyl (C=O) groups excluding carboxylic acids is 1. The lowest BCUT2D eigenvalue weighted by Gasteiger charge is -2.36. The van der Waals surface area contributed by atoms with Gasteiger partial charge < -0.3 is 9.80 Å². The summed E-state index contributed by atoms with van der Waals surface area (Å²) in [6.45, 7) is 3.98. The third-order valence-corrected chi connectivity index (χ3v) is 5.28. The molecule has 1 aromatic rings. The van der Waals surface area contributed by atoms with Gasteiger partial charge in [-0.15, -0.1) is 0 Å². The summed E-state index contributed by atoms with van der Waals surface area (Å²) in [5, 5.41) is 0. The molecule has 0 radical (unpaired) electrons. The van der Waals surface area contributed by atoms with Gasteiger partial charge in [0.15, 0.2) is 0 Å². The van der Waals surface area contributed by atoms with Gasteiger partial charge in [0.25, 0.3) is 0 Å². The van der Waals surface area contributed by atoms with Crippen molar-refractivity contribution in [2.45, 2.75) is 25.7 Å². The molecule has 0 aromatic heterocycles. The number of benzene rings is 1. The quantitative estimate of drug-likeness (QED) is 0.855. The molecule has 0 unspecified atom stereocenters. The van der Waals surface area contributed by atoms with E-state index in [2.05, 4.69) is 53.3 Å². The Labute approximate surface area is 140 Å². The average molecular weight is 312 g/mol. The van der Waals surface area contributed by atoms with Crippen molar-refractivity contribution < 1.29 is 4.79 Å². The second-order valence-corrected chi connectivity index (χ2v) is 7.01. The lowest BCUT2D eigenvalue weighted by atomic mass is 9.92. The van der Waals surface area contributed by atoms with Crippen LogP contribution in [-0.4, -0.2) is 48.9 Å². The topological polar surface area (TPSA) is 23.6 Å². The Bertz CT molecular complexity index is 524. The van der Waals surface area contributed by atoms with Crippen molar-refractivity contribution in [1.29, 1.82) is 0 Å². The lowest BCUT2D eigenvalue weighted by Crippen LogP contribution is -2.44. The molecule has 23 heavy (non-hydrogen) atoms. The van der Waals surface area contributed by atoms with Crippen LogP contribution in [0.2, 0.25) is 0 Å². The molecule has 3 rings (SSSR count). The van der Waals surface area contributed by atoms with E-state index in [4.69, 9.17) is 0 Å². The van der Waals surface area contributed by atoms with E-state index >= 15 is 0 Å². The molecule has 2 aliphatic rings. The first kappa shape index (κ1) is 16.3. The van der Waals surface area contributed by atoms with E-state index in [0.29, 0.717) is 11.8 Å². The monoisotopic (exact) mass is 312 g/mol. The Kier molecular flexibility index (Phi) is 5.50. The molecule has 0 aliphatic carbocycles. The smallest absolute Gasteiger partial charge is 0.225 e. The fourth-order valence-electron chi connectivity index (χ4n) is 3.64. The van der Waals surface area contributed by atoms with Crippen LogP contribution in [-0.2, 0) is 4.79 Å². The number of amides is 1. The van der Waals surface area contributed by atoms with Crippen molar-refractivity contribution in [2.75, 3.05) is 33.2 Å². The number of carbonyl (C=O) groups is 1. The zero-order valence-corrected chi connectivity index (χ0v) is 14.2. The summed E-state index contributed by atoms with van der Waals surface area (Å²) < 4.78 is 0. The number of nitrogens with zero attached hydrogens (tertiary/aromatic N) is 2. The first-order valence-corrected chi connectivity index (χ1v) is 8.93. The molecule has 1 aromatic carbocycles. The number of allylic oxidation sites excluding steroid dienone is 1. The minimum Gasteiger partial charge on any atom is -0.342 e. The molecule has 2 heterocycles. The standard InChI is InChI=1S/C20H28N2O/c1-21-13-11-19(12-14-21)20(23)22-15-9-18(10-16-22)8-7-17-5-3-2-4-6-17/h2-8,18-19H,9-16H2,1H3/b8-7+. The normalized spacial score (nSPS) is 21.9. The molecule has 0 spiro atoms. The third-order valence-electron chi connectivity index (χ3n) is 5.28. The second-order valence-electron chi connectivity index (χ2n) is 7.01. The van der Waals surface area contributed by atoms with Crippen LogP contribution in [0.3, 0.4) is 0 Å². The van der Waals surface area contributed by atoms with Crippen LogP contribution >= 0.6 is 0 Å². The number of likely N-dealkylation sites (tertiary alicyclic amines) is 2. The molecular formula is C20H28N2O. The van der Waals surface area contributed by atoms with E-state index in [1.54, 1.807) is 0 Å². The highest BCUT2D eigenvalue weighted by molar-refractivity contribution is 5.79. The Morgan fingerprint density at radius 1 is 1.00 bits per heavy atom. The van der Waals surface area contributed by atoms with Crippen molar-refractivity contribution in [3.05, 3.63) is 42.0 Å². The van der Waals surface area contributed by atoms with Crippen LogP contribution in [0, 0.1) is 11.8 Å². The molecule has 3 nitrogen and oxygen atoms in total. The summed E-state index contributed by atoms with van der Waals surface area (Å²) in [4.78, 5) is 17.1. The molecule has 2 aliphatic heterocycles. The molecule has 124 valence electrons. The van der Waals surface area contributed by atoms with Crippen LogP contribution < -0.4 is 0 Å². The summed E-state index contributed by atoms with van der Waals surface area (Å²) in [5.41, 5.74) is 1.26. The van der Waals surface area contributed by atoms with Crippen LogP contribution in [0.25, 0.3) is 6.08 Å². The summed E-state index contributed by atoms with van der Waals surface area (Å²) >= 11 is 0. The maximum atomic E-state index is 12.6. The lowest BCUT2D eigenvalue weighted by molar-refractivity contribution is -0.138. The highest BCUT2D eigenvalue weighted by atomic mass is 16.2. The van der Waals surface area contributed by atoms with Gasteiger partial charge in [-0.25, -0.2) is 0 Å². The highest BCUT2D eigenvalue weighted by Crippen LogP contribution is 2.24. The molecule has 0 atom stereocenters. The predicted octanol–water partition coefficient (Wildman–Crippen LogP) is 3.28. The van der Waals surface area contributed by atoms with Crippen molar-refractivity contribution in [3.8, 4) is 0 Å². The van der Waals surface area contributed by atoms with Crippen molar-refractivity contribution >= 4 is 12.0 Å². The number of piperidine rings is 2. The Morgan fingerprint density at radius 3 is 2.30 bits per heavy atom. The highest BCUT2D eigenvalue weighted by Gasteiger charge is 2.29. The largest absolute Gasteiger partial charge is 0.342 e. The molecule has 0 N–H and O–H groups in total.